The monoisotopic (exact) mass is 352 g/mol. The lowest BCUT2D eigenvalue weighted by molar-refractivity contribution is 0.205. The molecule has 1 aliphatic heterocycles. The molecule has 1 unspecified atom stereocenters. The van der Waals surface area contributed by atoms with Gasteiger partial charge in [-0.2, -0.15) is 0 Å². The fourth-order valence-electron chi connectivity index (χ4n) is 3.70. The third kappa shape index (κ3) is 2.63. The van der Waals surface area contributed by atoms with Crippen LogP contribution in [0.1, 0.15) is 11.1 Å². The molecule has 2 aromatic carbocycles. The van der Waals surface area contributed by atoms with E-state index < -0.39 is 0 Å². The van der Waals surface area contributed by atoms with E-state index in [1.54, 1.807) is 17.7 Å². The lowest BCUT2D eigenvalue weighted by Crippen LogP contribution is -2.43. The van der Waals surface area contributed by atoms with Crippen molar-refractivity contribution in [2.45, 2.75) is 19.5 Å². The Labute approximate surface area is 149 Å². The van der Waals surface area contributed by atoms with Crippen LogP contribution in [0.4, 0.5) is 0 Å². The maximum absolute atomic E-state index is 13.0. The second-order valence-corrected chi connectivity index (χ2v) is 6.70. The maximum atomic E-state index is 13.0. The summed E-state index contributed by atoms with van der Waals surface area (Å²) in [6, 6.07) is 12.8. The van der Waals surface area contributed by atoms with E-state index in [0.717, 1.165) is 16.9 Å². The highest BCUT2D eigenvalue weighted by molar-refractivity contribution is 5.82. The quantitative estimate of drug-likeness (QED) is 0.770. The van der Waals surface area contributed by atoms with E-state index >= 15 is 0 Å². The Hall–Kier alpha value is -2.86. The SMILES string of the molecule is COc1ccc(Cn2c(=O)c3cccc4c3n(c2=O)CC(CO)C4)cc1. The first-order chi connectivity index (χ1) is 12.6. The second kappa shape index (κ2) is 6.46. The number of aromatic nitrogens is 2. The Morgan fingerprint density at radius 2 is 1.92 bits per heavy atom. The number of ether oxygens (including phenoxy) is 1. The van der Waals surface area contributed by atoms with Crippen LogP contribution in [0.5, 0.6) is 5.75 Å². The van der Waals surface area contributed by atoms with Gasteiger partial charge in [0.25, 0.3) is 5.56 Å². The van der Waals surface area contributed by atoms with Gasteiger partial charge in [0.1, 0.15) is 5.75 Å². The van der Waals surface area contributed by atoms with Crippen LogP contribution in [-0.4, -0.2) is 28.0 Å². The third-order valence-electron chi connectivity index (χ3n) is 5.03. The number of rotatable bonds is 4. The highest BCUT2D eigenvalue weighted by atomic mass is 16.5. The number of hydrogen-bond donors (Lipinski definition) is 1. The molecule has 0 saturated carbocycles. The summed E-state index contributed by atoms with van der Waals surface area (Å²) in [5.74, 6) is 0.708. The molecule has 0 radical (unpaired) electrons. The molecule has 1 atom stereocenters. The molecule has 26 heavy (non-hydrogen) atoms. The predicted molar refractivity (Wildman–Crippen MR) is 98.8 cm³/mol. The van der Waals surface area contributed by atoms with E-state index in [9.17, 15) is 14.7 Å². The fourth-order valence-corrected chi connectivity index (χ4v) is 3.70. The number of aliphatic hydroxyl groups excluding tert-OH is 1. The van der Waals surface area contributed by atoms with Gasteiger partial charge in [-0.15, -0.1) is 0 Å². The molecule has 0 aliphatic carbocycles. The van der Waals surface area contributed by atoms with Gasteiger partial charge in [0, 0.05) is 19.1 Å². The summed E-state index contributed by atoms with van der Waals surface area (Å²) < 4.78 is 8.06. The minimum Gasteiger partial charge on any atom is -0.497 e. The van der Waals surface area contributed by atoms with E-state index in [-0.39, 0.29) is 30.3 Å². The summed E-state index contributed by atoms with van der Waals surface area (Å²) in [5, 5.41) is 10.1. The first-order valence-corrected chi connectivity index (χ1v) is 8.61. The summed E-state index contributed by atoms with van der Waals surface area (Å²) >= 11 is 0. The average molecular weight is 352 g/mol. The lowest BCUT2D eigenvalue weighted by Gasteiger charge is -2.26. The molecular formula is C20H20N2O4. The highest BCUT2D eigenvalue weighted by Gasteiger charge is 2.24. The smallest absolute Gasteiger partial charge is 0.331 e. The molecule has 3 aromatic rings. The number of benzene rings is 2. The fraction of sp³-hybridized carbons (Fsp3) is 0.300. The molecule has 0 bridgehead atoms. The molecule has 4 rings (SSSR count). The molecule has 1 aliphatic rings. The Morgan fingerprint density at radius 1 is 1.15 bits per heavy atom. The number of para-hydroxylation sites is 1. The van der Waals surface area contributed by atoms with Gasteiger partial charge >= 0.3 is 5.69 Å². The first kappa shape index (κ1) is 16.6. The summed E-state index contributed by atoms with van der Waals surface area (Å²) in [4.78, 5) is 26.0. The van der Waals surface area contributed by atoms with Crippen LogP contribution in [-0.2, 0) is 19.5 Å². The van der Waals surface area contributed by atoms with Gasteiger partial charge in [-0.3, -0.25) is 13.9 Å². The molecule has 6 nitrogen and oxygen atoms in total. The average Bonchev–Trinajstić information content (AvgIpc) is 2.69. The van der Waals surface area contributed by atoms with Crippen molar-refractivity contribution >= 4 is 10.9 Å². The summed E-state index contributed by atoms with van der Waals surface area (Å²) in [6.07, 6.45) is 0.676. The van der Waals surface area contributed by atoms with Gasteiger partial charge in [0.2, 0.25) is 0 Å². The minimum atomic E-state index is -0.330. The van der Waals surface area contributed by atoms with Crippen LogP contribution in [0.3, 0.4) is 0 Å². The third-order valence-corrected chi connectivity index (χ3v) is 5.03. The molecule has 0 saturated heterocycles. The zero-order chi connectivity index (χ0) is 18.3. The van der Waals surface area contributed by atoms with E-state index in [1.807, 2.05) is 36.4 Å². The molecule has 1 aromatic heterocycles. The van der Waals surface area contributed by atoms with Crippen molar-refractivity contribution < 1.29 is 9.84 Å². The van der Waals surface area contributed by atoms with Crippen LogP contribution in [0.15, 0.2) is 52.1 Å². The first-order valence-electron chi connectivity index (χ1n) is 8.61. The zero-order valence-electron chi connectivity index (χ0n) is 14.5. The van der Waals surface area contributed by atoms with E-state index in [1.165, 1.54) is 4.57 Å². The van der Waals surface area contributed by atoms with Crippen molar-refractivity contribution in [2.24, 2.45) is 5.92 Å². The summed E-state index contributed by atoms with van der Waals surface area (Å²) in [5.41, 5.74) is 1.89. The van der Waals surface area contributed by atoms with Crippen LogP contribution < -0.4 is 16.0 Å². The molecule has 1 N–H and O–H groups in total. The highest BCUT2D eigenvalue weighted by Crippen LogP contribution is 2.24. The number of methoxy groups -OCH3 is 1. The molecule has 0 spiro atoms. The molecule has 0 fully saturated rings. The summed E-state index contributed by atoms with van der Waals surface area (Å²) in [6.45, 7) is 0.636. The van der Waals surface area contributed by atoms with Gasteiger partial charge in [-0.05, 0) is 35.7 Å². The normalized spacial score (nSPS) is 16.0. The Bertz CT molecular complexity index is 1080. The summed E-state index contributed by atoms with van der Waals surface area (Å²) in [7, 11) is 1.59. The topological polar surface area (TPSA) is 73.5 Å². The van der Waals surface area contributed by atoms with Gasteiger partial charge in [0.15, 0.2) is 0 Å². The van der Waals surface area contributed by atoms with Gasteiger partial charge in [-0.1, -0.05) is 24.3 Å². The van der Waals surface area contributed by atoms with Crippen molar-refractivity contribution in [3.05, 3.63) is 74.4 Å². The van der Waals surface area contributed by atoms with Gasteiger partial charge in [0.05, 0.1) is 24.6 Å². The second-order valence-electron chi connectivity index (χ2n) is 6.70. The van der Waals surface area contributed by atoms with Crippen LogP contribution in [0, 0.1) is 5.92 Å². The molecule has 0 amide bonds. The van der Waals surface area contributed by atoms with Crippen molar-refractivity contribution in [3.8, 4) is 5.75 Å². The Balaban J connectivity index is 1.88. The van der Waals surface area contributed by atoms with Crippen molar-refractivity contribution in [1.82, 2.24) is 9.13 Å². The number of nitrogens with zero attached hydrogens (tertiary/aromatic N) is 2. The van der Waals surface area contributed by atoms with Gasteiger partial charge < -0.3 is 9.84 Å². The van der Waals surface area contributed by atoms with Crippen LogP contribution in [0.25, 0.3) is 10.9 Å². The van der Waals surface area contributed by atoms with E-state index in [0.29, 0.717) is 23.9 Å². The zero-order valence-corrected chi connectivity index (χ0v) is 14.5. The largest absolute Gasteiger partial charge is 0.497 e. The van der Waals surface area contributed by atoms with Crippen LogP contribution >= 0.6 is 0 Å². The Kier molecular flexibility index (Phi) is 4.12. The standard InChI is InChI=1S/C20H20N2O4/c1-26-16-7-5-13(6-8-16)10-22-19(24)17-4-2-3-15-9-14(12-23)11-21(18(15)17)20(22)25/h2-8,14,23H,9-12H2,1H3. The number of hydrogen-bond acceptors (Lipinski definition) is 4. The van der Waals surface area contributed by atoms with Crippen LogP contribution in [0.2, 0.25) is 0 Å². The molecular weight excluding hydrogens is 332 g/mol. The van der Waals surface area contributed by atoms with E-state index in [2.05, 4.69) is 0 Å². The van der Waals surface area contributed by atoms with Crippen molar-refractivity contribution in [3.63, 3.8) is 0 Å². The Morgan fingerprint density at radius 3 is 2.62 bits per heavy atom. The van der Waals surface area contributed by atoms with Gasteiger partial charge in [-0.25, -0.2) is 4.79 Å². The number of aliphatic hydroxyl groups is 1. The molecule has 134 valence electrons. The van der Waals surface area contributed by atoms with Crippen molar-refractivity contribution in [1.29, 1.82) is 0 Å². The lowest BCUT2D eigenvalue weighted by atomic mass is 9.94. The molecule has 6 heteroatoms. The van der Waals surface area contributed by atoms with Crippen molar-refractivity contribution in [2.75, 3.05) is 13.7 Å². The van der Waals surface area contributed by atoms with E-state index in [4.69, 9.17) is 4.74 Å². The maximum Gasteiger partial charge on any atom is 0.331 e. The minimum absolute atomic E-state index is 0.0138. The molecule has 2 heterocycles. The predicted octanol–water partition coefficient (Wildman–Crippen LogP) is 1.38.